The van der Waals surface area contributed by atoms with Crippen LogP contribution < -0.4 is 15.3 Å². The number of rotatable bonds is 4. The molecule has 2 amide bonds. The van der Waals surface area contributed by atoms with Gasteiger partial charge >= 0.3 is 0 Å². The second-order valence-electron chi connectivity index (χ2n) is 7.74. The number of carbonyl (C=O) groups excluding carboxylic acids is 2. The highest BCUT2D eigenvalue weighted by atomic mass is 32.1. The summed E-state index contributed by atoms with van der Waals surface area (Å²) in [4.78, 5) is 29.7. The van der Waals surface area contributed by atoms with Gasteiger partial charge in [-0.15, -0.1) is 4.68 Å². The number of fused-ring (bicyclic) bond motifs is 1. The van der Waals surface area contributed by atoms with Gasteiger partial charge in [-0.2, -0.15) is 5.10 Å². The van der Waals surface area contributed by atoms with Crippen molar-refractivity contribution in [1.82, 2.24) is 10.1 Å². The standard InChI is InChI=1S/C21H25N5O2S/c1-12-18(13(2)26(3)25-12)20(28)22-15-9-10-16-17(11-15)29-21(23-16)24-19(27)14-7-5-4-6-8-14/h9-11,14H,4-8H2,1-3H3,(H2,22,23,24,27,28)/p+1. The molecule has 1 saturated carbocycles. The van der Waals surface area contributed by atoms with Gasteiger partial charge in [0.2, 0.25) is 11.6 Å². The van der Waals surface area contributed by atoms with Crippen molar-refractivity contribution >= 4 is 44.2 Å². The van der Waals surface area contributed by atoms with E-state index in [2.05, 4.69) is 20.7 Å². The number of benzene rings is 1. The molecule has 3 aromatic rings. The lowest BCUT2D eigenvalue weighted by Gasteiger charge is -2.19. The first-order chi connectivity index (χ1) is 13.9. The van der Waals surface area contributed by atoms with Gasteiger partial charge in [0.15, 0.2) is 12.2 Å². The molecule has 0 unspecified atom stereocenters. The molecule has 0 saturated heterocycles. The monoisotopic (exact) mass is 412 g/mol. The minimum absolute atomic E-state index is 0.0727. The van der Waals surface area contributed by atoms with Crippen LogP contribution in [0.1, 0.15) is 53.8 Å². The first kappa shape index (κ1) is 19.6. The minimum Gasteiger partial charge on any atom is -0.322 e. The minimum atomic E-state index is -0.147. The van der Waals surface area contributed by atoms with E-state index in [0.717, 1.165) is 47.3 Å². The summed E-state index contributed by atoms with van der Waals surface area (Å²) in [6, 6.07) is 5.61. The number of anilines is 2. The second kappa shape index (κ2) is 7.94. The summed E-state index contributed by atoms with van der Waals surface area (Å²) < 4.78 is 2.76. The van der Waals surface area contributed by atoms with Crippen molar-refractivity contribution in [3.63, 3.8) is 0 Å². The maximum atomic E-state index is 12.7. The summed E-state index contributed by atoms with van der Waals surface area (Å²) in [6.07, 6.45) is 5.39. The largest absolute Gasteiger partial charge is 0.322 e. The Morgan fingerprint density at radius 3 is 2.62 bits per heavy atom. The van der Waals surface area contributed by atoms with Gasteiger partial charge in [0.1, 0.15) is 5.56 Å². The Kier molecular flexibility index (Phi) is 5.36. The summed E-state index contributed by atoms with van der Waals surface area (Å²) in [5, 5.41) is 9.69. The second-order valence-corrected chi connectivity index (χ2v) is 8.77. The van der Waals surface area contributed by atoms with E-state index in [9.17, 15) is 9.59 Å². The van der Waals surface area contributed by atoms with Crippen LogP contribution in [0, 0.1) is 19.8 Å². The topological polar surface area (TPSA) is 90.8 Å². The number of thiazole rings is 1. The Labute approximate surface area is 173 Å². The molecule has 29 heavy (non-hydrogen) atoms. The molecule has 0 bridgehead atoms. The van der Waals surface area contributed by atoms with Gasteiger partial charge in [-0.05, 0) is 38.0 Å². The fourth-order valence-electron chi connectivity index (χ4n) is 3.99. The van der Waals surface area contributed by atoms with Gasteiger partial charge in [0.25, 0.3) is 5.91 Å². The van der Waals surface area contributed by atoms with Crippen molar-refractivity contribution in [1.29, 1.82) is 0 Å². The molecule has 0 aliphatic heterocycles. The van der Waals surface area contributed by atoms with Crippen LogP contribution in [-0.4, -0.2) is 21.9 Å². The van der Waals surface area contributed by atoms with Crippen molar-refractivity contribution < 1.29 is 14.3 Å². The number of H-pyrrole nitrogens is 1. The zero-order valence-corrected chi connectivity index (χ0v) is 17.8. The number of hydrogen-bond donors (Lipinski definition) is 3. The van der Waals surface area contributed by atoms with E-state index in [1.807, 2.05) is 43.8 Å². The van der Waals surface area contributed by atoms with E-state index in [1.165, 1.54) is 17.8 Å². The number of hydrogen-bond acceptors (Lipinski definition) is 4. The predicted molar refractivity (Wildman–Crippen MR) is 114 cm³/mol. The summed E-state index contributed by atoms with van der Waals surface area (Å²) in [6.45, 7) is 3.79. The van der Waals surface area contributed by atoms with Crippen molar-refractivity contribution in [3.8, 4) is 0 Å². The summed E-state index contributed by atoms with van der Waals surface area (Å²) in [5.74, 6) is 0.0230. The molecule has 8 heteroatoms. The number of nitrogens with zero attached hydrogens (tertiary/aromatic N) is 2. The van der Waals surface area contributed by atoms with Gasteiger partial charge < -0.3 is 10.6 Å². The molecule has 1 aliphatic carbocycles. The van der Waals surface area contributed by atoms with E-state index >= 15 is 0 Å². The molecular formula is C21H26N5O2S+. The van der Waals surface area contributed by atoms with Crippen LogP contribution in [0.15, 0.2) is 18.2 Å². The predicted octanol–water partition coefficient (Wildman–Crippen LogP) is 3.84. The number of aromatic amines is 1. The highest BCUT2D eigenvalue weighted by Gasteiger charge is 2.24. The van der Waals surface area contributed by atoms with Gasteiger partial charge in [-0.25, -0.2) is 4.98 Å². The number of nitrogens with one attached hydrogen (secondary N) is 3. The number of carbonyl (C=O) groups is 2. The molecule has 1 aliphatic rings. The zero-order valence-electron chi connectivity index (χ0n) is 17.0. The highest BCUT2D eigenvalue weighted by Crippen LogP contribution is 2.30. The molecular weight excluding hydrogens is 386 g/mol. The molecule has 1 aromatic carbocycles. The molecule has 2 heterocycles. The molecule has 3 N–H and O–H groups in total. The lowest BCUT2D eigenvalue weighted by atomic mass is 9.89. The van der Waals surface area contributed by atoms with E-state index in [4.69, 9.17) is 0 Å². The summed E-state index contributed by atoms with van der Waals surface area (Å²) in [5.41, 5.74) is 3.88. The first-order valence-electron chi connectivity index (χ1n) is 10.0. The van der Waals surface area contributed by atoms with Gasteiger partial charge in [-0.1, -0.05) is 30.6 Å². The maximum absolute atomic E-state index is 12.7. The van der Waals surface area contributed by atoms with E-state index in [0.29, 0.717) is 16.4 Å². The van der Waals surface area contributed by atoms with Crippen molar-refractivity contribution in [3.05, 3.63) is 35.2 Å². The van der Waals surface area contributed by atoms with Crippen molar-refractivity contribution in [2.75, 3.05) is 10.6 Å². The third kappa shape index (κ3) is 4.03. The summed E-state index contributed by atoms with van der Waals surface area (Å²) >= 11 is 1.43. The number of aryl methyl sites for hydroxylation is 2. The smallest absolute Gasteiger partial charge is 0.264 e. The lowest BCUT2D eigenvalue weighted by molar-refractivity contribution is -0.732. The highest BCUT2D eigenvalue weighted by molar-refractivity contribution is 7.22. The quantitative estimate of drug-likeness (QED) is 0.569. The van der Waals surface area contributed by atoms with Gasteiger partial charge in [0.05, 0.1) is 15.9 Å². The first-order valence-corrected chi connectivity index (χ1v) is 10.8. The maximum Gasteiger partial charge on any atom is 0.264 e. The average Bonchev–Trinajstić information content (AvgIpc) is 3.21. The Morgan fingerprint density at radius 2 is 1.93 bits per heavy atom. The molecule has 4 rings (SSSR count). The van der Waals surface area contributed by atoms with Crippen LogP contribution in [0.25, 0.3) is 10.2 Å². The summed E-state index contributed by atoms with van der Waals surface area (Å²) in [7, 11) is 1.88. The van der Waals surface area contributed by atoms with Crippen LogP contribution in [0.2, 0.25) is 0 Å². The average molecular weight is 413 g/mol. The van der Waals surface area contributed by atoms with Crippen LogP contribution >= 0.6 is 11.3 Å². The molecule has 2 aromatic heterocycles. The van der Waals surface area contributed by atoms with Gasteiger partial charge in [-0.3, -0.25) is 9.59 Å². The third-order valence-electron chi connectivity index (χ3n) is 5.65. The zero-order chi connectivity index (χ0) is 20.5. The molecule has 7 nitrogen and oxygen atoms in total. The molecule has 0 spiro atoms. The fraction of sp³-hybridized carbons (Fsp3) is 0.429. The van der Waals surface area contributed by atoms with Crippen LogP contribution in [0.4, 0.5) is 10.8 Å². The van der Waals surface area contributed by atoms with E-state index in [-0.39, 0.29) is 17.7 Å². The van der Waals surface area contributed by atoms with Crippen LogP contribution in [0.5, 0.6) is 0 Å². The SMILES string of the molecule is Cc1[nH][n+](C)c(C)c1C(=O)Nc1ccc2nc(NC(=O)C3CCCCC3)sc2c1. The normalized spacial score (nSPS) is 14.9. The van der Waals surface area contributed by atoms with E-state index < -0.39 is 0 Å². The molecule has 1 fully saturated rings. The van der Waals surface area contributed by atoms with Crippen LogP contribution in [-0.2, 0) is 11.8 Å². The third-order valence-corrected chi connectivity index (χ3v) is 6.59. The van der Waals surface area contributed by atoms with Gasteiger partial charge in [0, 0.05) is 18.5 Å². The van der Waals surface area contributed by atoms with E-state index in [1.54, 1.807) is 0 Å². The molecule has 0 radical (unpaired) electrons. The Balaban J connectivity index is 1.49. The van der Waals surface area contributed by atoms with Crippen molar-refractivity contribution in [2.24, 2.45) is 13.0 Å². The molecule has 0 atom stereocenters. The Bertz CT molecular complexity index is 1080. The van der Waals surface area contributed by atoms with Crippen LogP contribution in [0.3, 0.4) is 0 Å². The number of amides is 2. The fourth-order valence-corrected chi connectivity index (χ4v) is 4.89. The number of aromatic nitrogens is 3. The van der Waals surface area contributed by atoms with Crippen molar-refractivity contribution in [2.45, 2.75) is 46.0 Å². The lowest BCUT2D eigenvalue weighted by Crippen LogP contribution is -2.33. The molecule has 152 valence electrons. The Morgan fingerprint density at radius 1 is 1.17 bits per heavy atom. The Hall–Kier alpha value is -2.74.